The van der Waals surface area contributed by atoms with Gasteiger partial charge in [-0.05, 0) is 87.0 Å². The second-order valence-electron chi connectivity index (χ2n) is 9.17. The van der Waals surface area contributed by atoms with Crippen LogP contribution in [0.3, 0.4) is 0 Å². The van der Waals surface area contributed by atoms with Crippen LogP contribution in [0.2, 0.25) is 0 Å². The van der Waals surface area contributed by atoms with Gasteiger partial charge in [0.2, 0.25) is 0 Å². The van der Waals surface area contributed by atoms with E-state index >= 15 is 0 Å². The molecule has 11 heteroatoms. The van der Waals surface area contributed by atoms with Gasteiger partial charge in [-0.1, -0.05) is 35.5 Å². The van der Waals surface area contributed by atoms with Gasteiger partial charge >= 0.3 is 0 Å². The molecule has 42 heavy (non-hydrogen) atoms. The van der Waals surface area contributed by atoms with E-state index in [1.54, 1.807) is 67.0 Å². The average Bonchev–Trinajstić information content (AvgIpc) is 2.89. The molecule has 2 heterocycles. The third-order valence-corrected chi connectivity index (χ3v) is 8.29. The van der Waals surface area contributed by atoms with Gasteiger partial charge in [-0.3, -0.25) is 19.6 Å². The van der Waals surface area contributed by atoms with Gasteiger partial charge in [-0.2, -0.15) is 0 Å². The topological polar surface area (TPSA) is 128 Å². The number of halogens is 1. The van der Waals surface area contributed by atoms with Crippen LogP contribution in [0.5, 0.6) is 0 Å². The summed E-state index contributed by atoms with van der Waals surface area (Å²) in [6.45, 7) is 5.29. The van der Waals surface area contributed by atoms with Crippen LogP contribution in [0.1, 0.15) is 52.0 Å². The molecule has 0 radical (unpaired) electrons. The zero-order valence-electron chi connectivity index (χ0n) is 23.3. The molecule has 0 amide bonds. The van der Waals surface area contributed by atoms with E-state index in [4.69, 9.17) is 0 Å². The number of pyridine rings is 2. The zero-order valence-corrected chi connectivity index (χ0v) is 26.5. The molecule has 0 bridgehead atoms. The zero-order chi connectivity index (χ0) is 30.8. The van der Waals surface area contributed by atoms with E-state index < -0.39 is 19.7 Å². The van der Waals surface area contributed by atoms with E-state index in [2.05, 4.69) is 25.9 Å². The highest BCUT2D eigenvalue weighted by atomic mass is 79.9. The maximum absolute atomic E-state index is 12.0. The average molecular weight is 676 g/mol. The normalized spacial score (nSPS) is 10.6. The summed E-state index contributed by atoms with van der Waals surface area (Å²) < 4.78 is 45.4. The van der Waals surface area contributed by atoms with E-state index in [0.29, 0.717) is 16.0 Å². The summed E-state index contributed by atoms with van der Waals surface area (Å²) in [5.41, 5.74) is 3.81. The molecule has 2 aromatic carbocycles. The van der Waals surface area contributed by atoms with Crippen LogP contribution < -0.4 is 0 Å². The monoisotopic (exact) mass is 674 g/mol. The molecule has 0 N–H and O–H groups in total. The van der Waals surface area contributed by atoms with E-state index in [1.165, 1.54) is 25.3 Å². The van der Waals surface area contributed by atoms with Crippen molar-refractivity contribution in [3.05, 3.63) is 118 Å². The van der Waals surface area contributed by atoms with Crippen LogP contribution in [0.15, 0.2) is 99.5 Å². The van der Waals surface area contributed by atoms with Gasteiger partial charge in [0.15, 0.2) is 31.2 Å². The van der Waals surface area contributed by atoms with Crippen molar-refractivity contribution in [1.29, 1.82) is 0 Å². The van der Waals surface area contributed by atoms with Crippen molar-refractivity contribution in [2.24, 2.45) is 0 Å². The van der Waals surface area contributed by atoms with Crippen LogP contribution in [0.4, 0.5) is 0 Å². The number of aromatic nitrogens is 2. The Morgan fingerprint density at radius 2 is 1.07 bits per heavy atom. The predicted octanol–water partition coefficient (Wildman–Crippen LogP) is 6.30. The Morgan fingerprint density at radius 1 is 0.667 bits per heavy atom. The number of ketones is 2. The lowest BCUT2D eigenvalue weighted by atomic mass is 10.0. The summed E-state index contributed by atoms with van der Waals surface area (Å²) in [5.74, 6) is 0.0251. The molecule has 8 nitrogen and oxygen atoms in total. The lowest BCUT2D eigenvalue weighted by Crippen LogP contribution is -2.05. The maximum atomic E-state index is 12.0. The number of carbonyl (C=O) groups is 2. The van der Waals surface area contributed by atoms with Crippen LogP contribution >= 0.6 is 15.9 Å². The number of rotatable bonds is 6. The highest BCUT2D eigenvalue weighted by Gasteiger charge is 2.10. The summed E-state index contributed by atoms with van der Waals surface area (Å²) in [6.07, 6.45) is 5.73. The highest BCUT2D eigenvalue weighted by Crippen LogP contribution is 2.14. The minimum absolute atomic E-state index is 0. The van der Waals surface area contributed by atoms with Gasteiger partial charge in [-0.25, -0.2) is 16.8 Å². The van der Waals surface area contributed by atoms with E-state index in [1.807, 2.05) is 19.9 Å². The molecule has 0 atom stereocenters. The summed E-state index contributed by atoms with van der Waals surface area (Å²) in [5, 5.41) is 0. The van der Waals surface area contributed by atoms with Crippen LogP contribution in [0, 0.1) is 13.8 Å². The first-order chi connectivity index (χ1) is 19.1. The summed E-state index contributed by atoms with van der Waals surface area (Å²) in [7, 11) is -6.24. The van der Waals surface area contributed by atoms with E-state index in [9.17, 15) is 26.4 Å². The van der Waals surface area contributed by atoms with Crippen molar-refractivity contribution in [3.8, 4) is 0 Å². The van der Waals surface area contributed by atoms with Crippen LogP contribution in [-0.4, -0.2) is 50.9 Å². The number of sulfone groups is 2. The first-order valence-corrected chi connectivity index (χ1v) is 16.8. The molecule has 0 aliphatic carbocycles. The summed E-state index contributed by atoms with van der Waals surface area (Å²) in [4.78, 5) is 31.4. The number of hydrogen-bond donors (Lipinski definition) is 0. The van der Waals surface area contributed by atoms with Gasteiger partial charge < -0.3 is 0 Å². The van der Waals surface area contributed by atoms with E-state index in [0.717, 1.165) is 27.7 Å². The molecule has 224 valence electrons. The quantitative estimate of drug-likeness (QED) is 0.218. The largest absolute Gasteiger partial charge is 0.294 e. The molecule has 0 saturated carbocycles. The van der Waals surface area contributed by atoms with E-state index in [-0.39, 0.29) is 30.3 Å². The fourth-order valence-corrected chi connectivity index (χ4v) is 4.66. The number of hydrogen-bond acceptors (Lipinski definition) is 8. The molecule has 0 unspecified atom stereocenters. The van der Waals surface area contributed by atoms with Crippen molar-refractivity contribution >= 4 is 47.2 Å². The first kappa shape index (κ1) is 36.5. The highest BCUT2D eigenvalue weighted by molar-refractivity contribution is 9.10. The predicted molar refractivity (Wildman–Crippen MR) is 170 cm³/mol. The smallest absolute Gasteiger partial charge is 0.175 e. The number of benzene rings is 2. The Kier molecular flexibility index (Phi) is 14.1. The van der Waals surface area contributed by atoms with Crippen molar-refractivity contribution in [1.82, 2.24) is 9.97 Å². The molecule has 0 saturated heterocycles. The fraction of sp³-hybridized carbons (Fsp3) is 0.226. The minimum Gasteiger partial charge on any atom is -0.294 e. The van der Waals surface area contributed by atoms with Crippen molar-refractivity contribution < 1.29 is 26.4 Å². The van der Waals surface area contributed by atoms with Gasteiger partial charge in [0.05, 0.1) is 9.79 Å². The Morgan fingerprint density at radius 3 is 1.43 bits per heavy atom. The molecular formula is C31H35BrN2O6S2. The van der Waals surface area contributed by atoms with Gasteiger partial charge in [0, 0.05) is 58.3 Å². The molecule has 0 aliphatic rings. The maximum Gasteiger partial charge on any atom is 0.175 e. The molecule has 0 fully saturated rings. The Labute approximate surface area is 257 Å². The second kappa shape index (κ2) is 16.2. The number of carbonyl (C=O) groups excluding carboxylic acids is 2. The van der Waals surface area contributed by atoms with Gasteiger partial charge in [-0.15, -0.1) is 0 Å². The number of aryl methyl sites for hydroxylation is 2. The third-order valence-electron chi connectivity index (χ3n) is 5.51. The third kappa shape index (κ3) is 12.5. The van der Waals surface area contributed by atoms with Crippen molar-refractivity contribution in [3.63, 3.8) is 0 Å². The van der Waals surface area contributed by atoms with Crippen LogP contribution in [0.25, 0.3) is 0 Å². The number of nitrogens with zero attached hydrogens (tertiary/aromatic N) is 2. The standard InChI is InChI=1S/C15H15NO3S.C8H9NO.C7H7BrO2S.CH4/c1-11-3-6-13(10-16-11)15(17)9-12-4-7-14(8-5-12)20(2,18)19;1-6-3-4-8(5-9-6)7(2)10;1-11(9,10)7-4-2-6(8)3-5-7;/h3-8,10H,9H2,1-2H3;3-5H,1-2H3;2-5H,1H3;1H4. The Bertz CT molecular complexity index is 1690. The van der Waals surface area contributed by atoms with Crippen molar-refractivity contribution in [2.45, 2.75) is 44.4 Å². The lowest BCUT2D eigenvalue weighted by molar-refractivity contribution is 0.0989. The van der Waals surface area contributed by atoms with Gasteiger partial charge in [0.25, 0.3) is 0 Å². The number of Topliss-reactive ketones (excluding diaryl/α,β-unsaturated/α-hetero) is 2. The summed E-state index contributed by atoms with van der Waals surface area (Å²) in [6, 6.07) is 20.1. The SMILES string of the molecule is C.CC(=O)c1ccc(C)nc1.CS(=O)(=O)c1ccc(Br)cc1.Cc1ccc(C(=O)Cc2ccc(S(C)(=O)=O)cc2)cn1. The molecule has 4 aromatic rings. The Balaban J connectivity index is 0.000000341. The first-order valence-electron chi connectivity index (χ1n) is 12.2. The molecule has 2 aromatic heterocycles. The molecular weight excluding hydrogens is 640 g/mol. The van der Waals surface area contributed by atoms with Crippen molar-refractivity contribution in [2.75, 3.05) is 12.5 Å². The lowest BCUT2D eigenvalue weighted by Gasteiger charge is -2.03. The Hall–Kier alpha value is -3.54. The molecule has 4 rings (SSSR count). The summed E-state index contributed by atoms with van der Waals surface area (Å²) >= 11 is 3.22. The fourth-order valence-electron chi connectivity index (χ4n) is 3.13. The molecule has 0 aliphatic heterocycles. The second-order valence-corrected chi connectivity index (χ2v) is 14.1. The molecule has 0 spiro atoms. The minimum atomic E-state index is -3.20. The van der Waals surface area contributed by atoms with Gasteiger partial charge in [0.1, 0.15) is 0 Å². The van der Waals surface area contributed by atoms with Crippen LogP contribution in [-0.2, 0) is 26.1 Å².